The van der Waals surface area contributed by atoms with Crippen LogP contribution in [0.3, 0.4) is 0 Å². The van der Waals surface area contributed by atoms with Gasteiger partial charge in [0.2, 0.25) is 0 Å². The van der Waals surface area contributed by atoms with Crippen LogP contribution in [0.1, 0.15) is 61.1 Å². The second-order valence-electron chi connectivity index (χ2n) is 14.5. The Morgan fingerprint density at radius 2 is 1.43 bits per heavy atom. The summed E-state index contributed by atoms with van der Waals surface area (Å²) in [6.45, 7) is 0. The molecule has 4 aliphatic rings. The number of aromatic nitrogens is 1. The van der Waals surface area contributed by atoms with Crippen LogP contribution in [-0.4, -0.2) is 4.57 Å². The number of para-hydroxylation sites is 1. The summed E-state index contributed by atoms with van der Waals surface area (Å²) in [5.74, 6) is 2.73. The van der Waals surface area contributed by atoms with E-state index in [2.05, 4.69) is 149 Å². The van der Waals surface area contributed by atoms with E-state index in [1.807, 2.05) is 0 Å². The van der Waals surface area contributed by atoms with Gasteiger partial charge >= 0.3 is 0 Å². The minimum absolute atomic E-state index is 0.597. The number of hydrogen-bond acceptors (Lipinski definition) is 2. The highest BCUT2D eigenvalue weighted by Gasteiger charge is 2.32. The molecule has 3 nitrogen and oxygen atoms in total. The topological polar surface area (TPSA) is 21.3 Å². The Labute approximate surface area is 300 Å². The molecule has 0 saturated heterocycles. The average Bonchev–Trinajstić information content (AvgIpc) is 3.75. The van der Waals surface area contributed by atoms with E-state index in [0.717, 1.165) is 56.5 Å². The Balaban J connectivity index is 1.14. The highest BCUT2D eigenvalue weighted by molar-refractivity contribution is 6.02. The minimum Gasteiger partial charge on any atom is -0.456 e. The Morgan fingerprint density at radius 1 is 0.647 bits per heavy atom. The van der Waals surface area contributed by atoms with Crippen molar-refractivity contribution >= 4 is 28.4 Å². The molecule has 4 aliphatic carbocycles. The van der Waals surface area contributed by atoms with Crippen LogP contribution in [0.4, 0.5) is 11.4 Å². The summed E-state index contributed by atoms with van der Waals surface area (Å²) in [5, 5.41) is 1.26. The summed E-state index contributed by atoms with van der Waals surface area (Å²) in [5.41, 5.74) is 15.7. The fourth-order valence-electron chi connectivity index (χ4n) is 9.07. The van der Waals surface area contributed by atoms with Gasteiger partial charge in [-0.2, -0.15) is 0 Å². The Bertz CT molecular complexity index is 2380. The van der Waals surface area contributed by atoms with Crippen molar-refractivity contribution in [2.24, 2.45) is 5.92 Å². The van der Waals surface area contributed by atoms with E-state index < -0.39 is 0 Å². The van der Waals surface area contributed by atoms with Gasteiger partial charge in [-0.25, -0.2) is 0 Å². The van der Waals surface area contributed by atoms with Crippen molar-refractivity contribution in [1.29, 1.82) is 0 Å². The number of fused-ring (bicyclic) bond motifs is 7. The molecular formula is C48H42N2O. The van der Waals surface area contributed by atoms with Gasteiger partial charge in [-0.05, 0) is 129 Å². The molecule has 0 saturated carbocycles. The molecule has 2 aromatic heterocycles. The molecule has 0 amide bonds. The number of benzene rings is 4. The number of allylic oxidation sites excluding steroid dienone is 7. The van der Waals surface area contributed by atoms with Gasteiger partial charge in [-0.15, -0.1) is 0 Å². The van der Waals surface area contributed by atoms with Crippen molar-refractivity contribution in [1.82, 2.24) is 4.57 Å². The van der Waals surface area contributed by atoms with Crippen LogP contribution in [0.2, 0.25) is 0 Å². The summed E-state index contributed by atoms with van der Waals surface area (Å²) in [6.07, 6.45) is 23.9. The lowest BCUT2D eigenvalue weighted by molar-refractivity contribution is 0.540. The fourth-order valence-corrected chi connectivity index (χ4v) is 9.07. The summed E-state index contributed by atoms with van der Waals surface area (Å²) in [4.78, 5) is 2.53. The number of nitrogens with zero attached hydrogens (tertiary/aromatic N) is 2. The van der Waals surface area contributed by atoms with Gasteiger partial charge in [-0.1, -0.05) is 91.0 Å². The van der Waals surface area contributed by atoms with Gasteiger partial charge in [0.15, 0.2) is 0 Å². The van der Waals surface area contributed by atoms with E-state index in [1.165, 1.54) is 85.6 Å². The van der Waals surface area contributed by atoms with Crippen molar-refractivity contribution in [2.75, 3.05) is 4.90 Å². The maximum Gasteiger partial charge on any atom is 0.140 e. The third kappa shape index (κ3) is 5.26. The molecule has 1 unspecified atom stereocenters. The molecule has 0 radical (unpaired) electrons. The Hall–Kier alpha value is -5.54. The quantitative estimate of drug-likeness (QED) is 0.177. The standard InChI is InChI=1S/C48H42N2O/c1-4-12-33(13-5-1)35-20-24-38(25-21-35)49(39-26-22-36(23-27-39)34-14-6-2-7-15-34)40-28-30-44-43(32-40)47-45(50(44)37-16-8-3-9-17-37)31-29-42-41-18-10-11-19-46(41)51-48(42)47/h1,3-6,8-9,11-17,19-21,24-26,28,30,32,36H,2,7,10,18,22-23,27,29,31H2. The van der Waals surface area contributed by atoms with Crippen molar-refractivity contribution in [3.63, 3.8) is 0 Å². The van der Waals surface area contributed by atoms with Crippen LogP contribution in [-0.2, 0) is 19.3 Å². The lowest BCUT2D eigenvalue weighted by atomic mass is 9.83. The lowest BCUT2D eigenvalue weighted by Gasteiger charge is -2.33. The SMILES string of the molecule is C1=CC(C2CC=C(N(c3ccc(-c4ccccc4)cc3)c3ccc4c(c3)c3c(n4-c4ccccc4)CCc4c-3oc3c4CCC=C3)CC2)=CCC1. The second kappa shape index (κ2) is 12.7. The lowest BCUT2D eigenvalue weighted by Crippen LogP contribution is -2.21. The van der Waals surface area contributed by atoms with Crippen LogP contribution in [0, 0.1) is 5.92 Å². The highest BCUT2D eigenvalue weighted by Crippen LogP contribution is 2.48. The van der Waals surface area contributed by atoms with Crippen molar-refractivity contribution in [3.8, 4) is 28.1 Å². The van der Waals surface area contributed by atoms with Crippen LogP contribution >= 0.6 is 0 Å². The molecule has 0 bridgehead atoms. The zero-order chi connectivity index (χ0) is 33.7. The highest BCUT2D eigenvalue weighted by atomic mass is 16.3. The summed E-state index contributed by atoms with van der Waals surface area (Å²) in [7, 11) is 0. The molecule has 10 rings (SSSR count). The largest absolute Gasteiger partial charge is 0.456 e. The third-order valence-corrected chi connectivity index (χ3v) is 11.5. The maximum atomic E-state index is 6.80. The summed E-state index contributed by atoms with van der Waals surface area (Å²) >= 11 is 0. The maximum absolute atomic E-state index is 6.80. The van der Waals surface area contributed by atoms with Gasteiger partial charge in [0, 0.05) is 50.5 Å². The monoisotopic (exact) mass is 662 g/mol. The number of hydrogen-bond donors (Lipinski definition) is 0. The molecule has 3 heteroatoms. The zero-order valence-electron chi connectivity index (χ0n) is 29.0. The molecule has 51 heavy (non-hydrogen) atoms. The van der Waals surface area contributed by atoms with Gasteiger partial charge in [-0.3, -0.25) is 0 Å². The van der Waals surface area contributed by atoms with Gasteiger partial charge in [0.1, 0.15) is 11.5 Å². The molecule has 6 aromatic rings. The van der Waals surface area contributed by atoms with E-state index in [1.54, 1.807) is 0 Å². The molecule has 0 spiro atoms. The summed E-state index contributed by atoms with van der Waals surface area (Å²) < 4.78 is 9.29. The second-order valence-corrected chi connectivity index (χ2v) is 14.5. The minimum atomic E-state index is 0.597. The number of anilines is 2. The molecule has 250 valence electrons. The predicted octanol–water partition coefficient (Wildman–Crippen LogP) is 12.7. The fraction of sp³-hybridized carbons (Fsp3) is 0.208. The predicted molar refractivity (Wildman–Crippen MR) is 212 cm³/mol. The molecule has 0 aliphatic heterocycles. The molecule has 1 atom stereocenters. The van der Waals surface area contributed by atoms with E-state index in [-0.39, 0.29) is 0 Å². The molecule has 0 fully saturated rings. The van der Waals surface area contributed by atoms with Crippen LogP contribution in [0.25, 0.3) is 45.1 Å². The average molecular weight is 663 g/mol. The number of rotatable bonds is 6. The molecule has 2 heterocycles. The zero-order valence-corrected chi connectivity index (χ0v) is 29.0. The van der Waals surface area contributed by atoms with E-state index in [9.17, 15) is 0 Å². The van der Waals surface area contributed by atoms with E-state index in [0.29, 0.717) is 5.92 Å². The molecule has 4 aromatic carbocycles. The smallest absolute Gasteiger partial charge is 0.140 e. The Kier molecular flexibility index (Phi) is 7.52. The first-order chi connectivity index (χ1) is 25.3. The van der Waals surface area contributed by atoms with E-state index >= 15 is 0 Å². The van der Waals surface area contributed by atoms with Gasteiger partial charge in [0.25, 0.3) is 0 Å². The van der Waals surface area contributed by atoms with Crippen LogP contribution in [0.5, 0.6) is 0 Å². The van der Waals surface area contributed by atoms with Gasteiger partial charge in [0.05, 0.1) is 5.52 Å². The first kappa shape index (κ1) is 30.3. The van der Waals surface area contributed by atoms with Gasteiger partial charge < -0.3 is 13.9 Å². The van der Waals surface area contributed by atoms with Crippen LogP contribution < -0.4 is 4.90 Å². The summed E-state index contributed by atoms with van der Waals surface area (Å²) in [6, 6.07) is 37.9. The van der Waals surface area contributed by atoms with E-state index in [4.69, 9.17) is 4.42 Å². The molecule has 0 N–H and O–H groups in total. The van der Waals surface area contributed by atoms with Crippen molar-refractivity contribution in [2.45, 2.75) is 57.8 Å². The van der Waals surface area contributed by atoms with Crippen LogP contribution in [0.15, 0.2) is 149 Å². The van der Waals surface area contributed by atoms with Crippen molar-refractivity contribution < 1.29 is 4.42 Å². The first-order valence-corrected chi connectivity index (χ1v) is 18.9. The normalized spacial score (nSPS) is 17.8. The molecular weight excluding hydrogens is 621 g/mol. The third-order valence-electron chi connectivity index (χ3n) is 11.5. The number of furan rings is 1. The first-order valence-electron chi connectivity index (χ1n) is 18.9. The van der Waals surface area contributed by atoms with Crippen molar-refractivity contribution in [3.05, 3.63) is 167 Å². The Morgan fingerprint density at radius 3 is 2.22 bits per heavy atom.